The van der Waals surface area contributed by atoms with Crippen molar-refractivity contribution in [1.29, 1.82) is 0 Å². The van der Waals surface area contributed by atoms with E-state index >= 15 is 0 Å². The zero-order chi connectivity index (χ0) is 19.9. The molecule has 28 heavy (non-hydrogen) atoms. The van der Waals surface area contributed by atoms with Gasteiger partial charge in [0.25, 0.3) is 0 Å². The molecule has 0 spiro atoms. The predicted octanol–water partition coefficient (Wildman–Crippen LogP) is 5.05. The molecule has 5 nitrogen and oxygen atoms in total. The average molecular weight is 377 g/mol. The molecule has 3 rings (SSSR count). The Hall–Kier alpha value is -3.47. The van der Waals surface area contributed by atoms with Gasteiger partial charge in [-0.25, -0.2) is 0 Å². The fourth-order valence-electron chi connectivity index (χ4n) is 2.89. The Labute approximate surface area is 165 Å². The summed E-state index contributed by atoms with van der Waals surface area (Å²) in [7, 11) is 3.20. The Bertz CT molecular complexity index is 918. The van der Waals surface area contributed by atoms with Gasteiger partial charge in [0.2, 0.25) is 5.91 Å². The number of anilines is 1. The lowest BCUT2D eigenvalue weighted by molar-refractivity contribution is -0.116. The smallest absolute Gasteiger partial charge is 0.224 e. The summed E-state index contributed by atoms with van der Waals surface area (Å²) >= 11 is 0. The third kappa shape index (κ3) is 4.62. The minimum absolute atomic E-state index is 0.0918. The fraction of sp³-hybridized carbons (Fsp3) is 0.174. The van der Waals surface area contributed by atoms with E-state index in [1.54, 1.807) is 25.2 Å². The van der Waals surface area contributed by atoms with Gasteiger partial charge in [0.05, 0.1) is 26.5 Å². The van der Waals surface area contributed by atoms with Crippen LogP contribution in [0.15, 0.2) is 72.8 Å². The summed E-state index contributed by atoms with van der Waals surface area (Å²) in [5, 5.41) is 0. The zero-order valence-electron chi connectivity index (χ0n) is 16.2. The Morgan fingerprint density at radius 2 is 1.43 bits per heavy atom. The lowest BCUT2D eigenvalue weighted by Gasteiger charge is -2.24. The Morgan fingerprint density at radius 3 is 2.04 bits per heavy atom. The largest absolute Gasteiger partial charge is 0.497 e. The van der Waals surface area contributed by atoms with Crippen molar-refractivity contribution in [2.75, 3.05) is 19.1 Å². The number of benzene rings is 3. The van der Waals surface area contributed by atoms with Crippen molar-refractivity contribution in [3.8, 4) is 23.0 Å². The van der Waals surface area contributed by atoms with Gasteiger partial charge in [-0.15, -0.1) is 0 Å². The van der Waals surface area contributed by atoms with Crippen LogP contribution in [0.2, 0.25) is 0 Å². The van der Waals surface area contributed by atoms with Crippen LogP contribution in [0.1, 0.15) is 12.5 Å². The molecule has 0 N–H and O–H groups in total. The highest BCUT2D eigenvalue weighted by molar-refractivity contribution is 5.93. The molecule has 144 valence electrons. The maximum absolute atomic E-state index is 12.5. The second-order valence-electron chi connectivity index (χ2n) is 6.21. The Morgan fingerprint density at radius 1 is 0.821 bits per heavy atom. The van der Waals surface area contributed by atoms with Gasteiger partial charge in [0, 0.05) is 13.0 Å². The van der Waals surface area contributed by atoms with E-state index < -0.39 is 0 Å². The van der Waals surface area contributed by atoms with Gasteiger partial charge < -0.3 is 19.1 Å². The molecular formula is C23H23NO4. The standard InChI is InChI=1S/C23H23NO4/c1-17(25)24(16-18-13-20(26-2)15-21(14-18)27-3)22-11-7-8-12-23(22)28-19-9-5-4-6-10-19/h4-15H,16H2,1-3H3. The quantitative estimate of drug-likeness (QED) is 0.578. The van der Waals surface area contributed by atoms with Crippen LogP contribution in [-0.2, 0) is 11.3 Å². The van der Waals surface area contributed by atoms with E-state index in [-0.39, 0.29) is 5.91 Å². The van der Waals surface area contributed by atoms with E-state index in [1.165, 1.54) is 6.92 Å². The highest BCUT2D eigenvalue weighted by Crippen LogP contribution is 2.34. The summed E-state index contributed by atoms with van der Waals surface area (Å²) in [5.41, 5.74) is 1.58. The Kier molecular flexibility index (Phi) is 6.17. The van der Waals surface area contributed by atoms with Gasteiger partial charge in [0.1, 0.15) is 17.2 Å². The van der Waals surface area contributed by atoms with Crippen molar-refractivity contribution >= 4 is 11.6 Å². The van der Waals surface area contributed by atoms with Crippen LogP contribution in [0.25, 0.3) is 0 Å². The van der Waals surface area contributed by atoms with E-state index in [2.05, 4.69) is 0 Å². The monoisotopic (exact) mass is 377 g/mol. The second kappa shape index (κ2) is 8.95. The van der Waals surface area contributed by atoms with Crippen LogP contribution < -0.4 is 19.1 Å². The second-order valence-corrected chi connectivity index (χ2v) is 6.21. The molecule has 1 amide bonds. The molecule has 0 bridgehead atoms. The van der Waals surface area contributed by atoms with Crippen molar-refractivity contribution in [1.82, 2.24) is 0 Å². The molecule has 0 aliphatic rings. The molecule has 0 unspecified atom stereocenters. The van der Waals surface area contributed by atoms with E-state index in [9.17, 15) is 4.79 Å². The summed E-state index contributed by atoms with van der Waals surface area (Å²) in [5.74, 6) is 2.57. The first-order valence-electron chi connectivity index (χ1n) is 8.92. The summed E-state index contributed by atoms with van der Waals surface area (Å²) in [6.45, 7) is 1.90. The molecule has 0 saturated heterocycles. The summed E-state index contributed by atoms with van der Waals surface area (Å²) < 4.78 is 16.7. The first-order valence-corrected chi connectivity index (χ1v) is 8.92. The molecule has 0 fully saturated rings. The number of methoxy groups -OCH3 is 2. The third-order valence-corrected chi connectivity index (χ3v) is 4.26. The normalized spacial score (nSPS) is 10.2. The van der Waals surface area contributed by atoms with Crippen LogP contribution in [0.3, 0.4) is 0 Å². The predicted molar refractivity (Wildman–Crippen MR) is 109 cm³/mol. The topological polar surface area (TPSA) is 48.0 Å². The van der Waals surface area contributed by atoms with Crippen LogP contribution in [0.5, 0.6) is 23.0 Å². The van der Waals surface area contributed by atoms with Gasteiger partial charge in [-0.2, -0.15) is 0 Å². The van der Waals surface area contributed by atoms with Gasteiger partial charge in [-0.3, -0.25) is 4.79 Å². The SMILES string of the molecule is COc1cc(CN(C(C)=O)c2ccccc2Oc2ccccc2)cc(OC)c1. The van der Waals surface area contributed by atoms with Crippen molar-refractivity contribution in [3.05, 3.63) is 78.4 Å². The molecule has 0 radical (unpaired) electrons. The number of carbonyl (C=O) groups excluding carboxylic acids is 1. The van der Waals surface area contributed by atoms with Crippen LogP contribution in [0, 0.1) is 0 Å². The highest BCUT2D eigenvalue weighted by atomic mass is 16.5. The summed E-state index contributed by atoms with van der Waals surface area (Å²) in [6, 6.07) is 22.6. The maximum atomic E-state index is 12.5. The molecule has 0 aliphatic heterocycles. The van der Waals surface area contributed by atoms with Crippen molar-refractivity contribution in [3.63, 3.8) is 0 Å². The number of carbonyl (C=O) groups is 1. The lowest BCUT2D eigenvalue weighted by Crippen LogP contribution is -2.28. The summed E-state index contributed by atoms with van der Waals surface area (Å²) in [4.78, 5) is 14.1. The van der Waals surface area contributed by atoms with E-state index in [1.807, 2.05) is 66.7 Å². The molecule has 0 aliphatic carbocycles. The number of amides is 1. The first-order chi connectivity index (χ1) is 13.6. The first kappa shape index (κ1) is 19.3. The van der Waals surface area contributed by atoms with Crippen molar-refractivity contribution in [2.24, 2.45) is 0 Å². The molecule has 0 heterocycles. The van der Waals surface area contributed by atoms with E-state index in [0.29, 0.717) is 35.2 Å². The number of hydrogen-bond acceptors (Lipinski definition) is 4. The van der Waals surface area contributed by atoms with Crippen LogP contribution >= 0.6 is 0 Å². The van der Waals surface area contributed by atoms with Gasteiger partial charge in [-0.1, -0.05) is 30.3 Å². The van der Waals surface area contributed by atoms with Gasteiger partial charge in [0.15, 0.2) is 5.75 Å². The minimum atomic E-state index is -0.0918. The average Bonchev–Trinajstić information content (AvgIpc) is 2.73. The van der Waals surface area contributed by atoms with Crippen molar-refractivity contribution < 1.29 is 19.0 Å². The highest BCUT2D eigenvalue weighted by Gasteiger charge is 2.18. The number of rotatable bonds is 7. The van der Waals surface area contributed by atoms with Crippen LogP contribution in [0.4, 0.5) is 5.69 Å². The number of ether oxygens (including phenoxy) is 3. The Balaban J connectivity index is 1.94. The summed E-state index contributed by atoms with van der Waals surface area (Å²) in [6.07, 6.45) is 0. The van der Waals surface area contributed by atoms with Gasteiger partial charge >= 0.3 is 0 Å². The molecule has 0 aromatic heterocycles. The fourth-order valence-corrected chi connectivity index (χ4v) is 2.89. The molecule has 5 heteroatoms. The van der Waals surface area contributed by atoms with Crippen LogP contribution in [-0.4, -0.2) is 20.1 Å². The van der Waals surface area contributed by atoms with Crippen molar-refractivity contribution in [2.45, 2.75) is 13.5 Å². The number of nitrogens with zero attached hydrogens (tertiary/aromatic N) is 1. The van der Waals surface area contributed by atoms with E-state index in [0.717, 1.165) is 5.56 Å². The zero-order valence-corrected chi connectivity index (χ0v) is 16.2. The third-order valence-electron chi connectivity index (χ3n) is 4.26. The number of para-hydroxylation sites is 3. The molecule has 3 aromatic rings. The van der Waals surface area contributed by atoms with Gasteiger partial charge in [-0.05, 0) is 42.0 Å². The minimum Gasteiger partial charge on any atom is -0.497 e. The lowest BCUT2D eigenvalue weighted by atomic mass is 10.1. The molecular weight excluding hydrogens is 354 g/mol. The van der Waals surface area contributed by atoms with E-state index in [4.69, 9.17) is 14.2 Å². The molecule has 0 saturated carbocycles. The number of hydrogen-bond donors (Lipinski definition) is 0. The molecule has 0 atom stereocenters. The molecule has 3 aromatic carbocycles. The maximum Gasteiger partial charge on any atom is 0.224 e.